The molecule has 0 aromatic heterocycles. The highest BCUT2D eigenvalue weighted by Crippen LogP contribution is 2.60. The molecule has 0 atom stereocenters. The van der Waals surface area contributed by atoms with Gasteiger partial charge >= 0.3 is 0 Å². The third-order valence-corrected chi connectivity index (χ3v) is 4.23. The maximum atomic E-state index is 13.5. The van der Waals surface area contributed by atoms with E-state index in [0.29, 0.717) is 11.8 Å². The summed E-state index contributed by atoms with van der Waals surface area (Å²) in [7, 11) is 0. The fourth-order valence-corrected chi connectivity index (χ4v) is 3.81. The summed E-state index contributed by atoms with van der Waals surface area (Å²) in [6.07, 6.45) is 4.78. The predicted molar refractivity (Wildman–Crippen MR) is 52.2 cm³/mol. The highest BCUT2D eigenvalue weighted by molar-refractivity contribution is 5.42. The Balaban J connectivity index is 0.000000258. The second kappa shape index (κ2) is 3.72. The molecule has 0 spiro atoms. The summed E-state index contributed by atoms with van der Waals surface area (Å²) >= 11 is 0. The molecule has 4 rings (SSSR count). The molecule has 0 saturated heterocycles. The lowest BCUT2D eigenvalue weighted by molar-refractivity contribution is -0.200. The van der Waals surface area contributed by atoms with Crippen molar-refractivity contribution in [3.05, 3.63) is 0 Å². The Bertz CT molecular complexity index is 225. The molecule has 2 nitrogen and oxygen atoms in total. The van der Waals surface area contributed by atoms with Crippen LogP contribution in [-0.4, -0.2) is 12.3 Å². The molecule has 4 saturated carbocycles. The Morgan fingerprint density at radius 3 is 1.67 bits per heavy atom. The summed E-state index contributed by atoms with van der Waals surface area (Å²) in [5.41, 5.74) is 4.17. The van der Waals surface area contributed by atoms with Crippen LogP contribution in [0.15, 0.2) is 0 Å². The maximum Gasteiger partial charge on any atom is 0.253 e. The SMILES string of the molecule is FC1(F)C2CC3CC(C2)CC1C3.NC=O. The minimum Gasteiger partial charge on any atom is -0.372 e. The molecule has 0 aliphatic heterocycles. The summed E-state index contributed by atoms with van der Waals surface area (Å²) in [5.74, 6) is -1.46. The number of nitrogens with two attached hydrogens (primary N) is 1. The standard InChI is InChI=1S/C10H14F2.CH3NO/c11-10(12)8-2-6-1-7(4-8)5-9(10)3-6;2-1-3/h6-9H,1-5H2;1H,(H2,2,3). The first-order chi connectivity index (χ1) is 7.07. The van der Waals surface area contributed by atoms with Crippen LogP contribution >= 0.6 is 0 Å². The van der Waals surface area contributed by atoms with Crippen LogP contribution < -0.4 is 5.73 Å². The van der Waals surface area contributed by atoms with Gasteiger partial charge in [0, 0.05) is 11.8 Å². The Morgan fingerprint density at radius 2 is 1.33 bits per heavy atom. The van der Waals surface area contributed by atoms with Crippen LogP contribution in [0.1, 0.15) is 32.1 Å². The number of carbonyl (C=O) groups is 1. The lowest BCUT2D eigenvalue weighted by Crippen LogP contribution is -2.52. The van der Waals surface area contributed by atoms with Crippen molar-refractivity contribution in [3.8, 4) is 0 Å². The summed E-state index contributed by atoms with van der Waals surface area (Å²) < 4.78 is 27.0. The highest BCUT2D eigenvalue weighted by atomic mass is 19.3. The molecule has 15 heavy (non-hydrogen) atoms. The number of hydrogen-bond acceptors (Lipinski definition) is 1. The second-order valence-electron chi connectivity index (χ2n) is 5.12. The largest absolute Gasteiger partial charge is 0.372 e. The zero-order chi connectivity index (χ0) is 11.1. The van der Waals surface area contributed by atoms with Gasteiger partial charge in [0.1, 0.15) is 0 Å². The third kappa shape index (κ3) is 1.74. The number of halogens is 2. The zero-order valence-electron chi connectivity index (χ0n) is 8.66. The van der Waals surface area contributed by atoms with E-state index in [1.165, 1.54) is 6.42 Å². The molecular weight excluding hydrogens is 200 g/mol. The Labute approximate surface area is 88.2 Å². The van der Waals surface area contributed by atoms with E-state index in [-0.39, 0.29) is 18.2 Å². The molecular formula is C11H17F2NO. The number of hydrogen-bond donors (Lipinski definition) is 1. The van der Waals surface area contributed by atoms with Crippen molar-refractivity contribution < 1.29 is 13.6 Å². The van der Waals surface area contributed by atoms with Gasteiger partial charge in [-0.25, -0.2) is 8.78 Å². The minimum atomic E-state index is -2.30. The molecule has 4 fully saturated rings. The van der Waals surface area contributed by atoms with Gasteiger partial charge in [0.2, 0.25) is 6.41 Å². The number of amides is 1. The lowest BCUT2D eigenvalue weighted by Gasteiger charge is -2.53. The number of primary amides is 1. The molecule has 4 heteroatoms. The summed E-state index contributed by atoms with van der Waals surface area (Å²) in [4.78, 5) is 8.58. The van der Waals surface area contributed by atoms with E-state index in [9.17, 15) is 8.78 Å². The molecule has 0 aromatic carbocycles. The van der Waals surface area contributed by atoms with Crippen molar-refractivity contribution in [2.24, 2.45) is 29.4 Å². The van der Waals surface area contributed by atoms with E-state index < -0.39 is 5.92 Å². The molecule has 4 aliphatic carbocycles. The maximum absolute atomic E-state index is 13.5. The van der Waals surface area contributed by atoms with Gasteiger partial charge in [-0.05, 0) is 43.9 Å². The molecule has 0 aromatic rings. The Morgan fingerprint density at radius 1 is 1.00 bits per heavy atom. The van der Waals surface area contributed by atoms with E-state index in [2.05, 4.69) is 5.73 Å². The summed E-state index contributed by atoms with van der Waals surface area (Å²) in [6, 6.07) is 0. The van der Waals surface area contributed by atoms with Gasteiger partial charge in [0.25, 0.3) is 5.92 Å². The van der Waals surface area contributed by atoms with Crippen LogP contribution in [0, 0.1) is 23.7 Å². The fraction of sp³-hybridized carbons (Fsp3) is 0.909. The average Bonchev–Trinajstić information content (AvgIpc) is 2.15. The fourth-order valence-electron chi connectivity index (χ4n) is 3.81. The molecule has 4 bridgehead atoms. The van der Waals surface area contributed by atoms with Gasteiger partial charge in [-0.2, -0.15) is 0 Å². The van der Waals surface area contributed by atoms with Gasteiger partial charge in [0.15, 0.2) is 0 Å². The number of rotatable bonds is 0. The number of alkyl halides is 2. The molecule has 86 valence electrons. The lowest BCUT2D eigenvalue weighted by atomic mass is 9.54. The van der Waals surface area contributed by atoms with E-state index >= 15 is 0 Å². The smallest absolute Gasteiger partial charge is 0.253 e. The van der Waals surface area contributed by atoms with Gasteiger partial charge in [-0.1, -0.05) is 0 Å². The Hall–Kier alpha value is -0.670. The third-order valence-electron chi connectivity index (χ3n) is 4.23. The van der Waals surface area contributed by atoms with Crippen molar-refractivity contribution in [1.82, 2.24) is 0 Å². The highest BCUT2D eigenvalue weighted by Gasteiger charge is 2.58. The molecule has 0 heterocycles. The second-order valence-corrected chi connectivity index (χ2v) is 5.12. The normalized spacial score (nSPS) is 44.4. The average molecular weight is 217 g/mol. The zero-order valence-corrected chi connectivity index (χ0v) is 8.66. The van der Waals surface area contributed by atoms with Crippen LogP contribution in [0.5, 0.6) is 0 Å². The van der Waals surface area contributed by atoms with Crippen molar-refractivity contribution in [1.29, 1.82) is 0 Å². The van der Waals surface area contributed by atoms with Crippen LogP contribution in [0.3, 0.4) is 0 Å². The Kier molecular flexibility index (Phi) is 2.69. The van der Waals surface area contributed by atoms with Crippen molar-refractivity contribution in [3.63, 3.8) is 0 Å². The van der Waals surface area contributed by atoms with Gasteiger partial charge < -0.3 is 5.73 Å². The molecule has 0 unspecified atom stereocenters. The van der Waals surface area contributed by atoms with Crippen LogP contribution in [-0.2, 0) is 4.79 Å². The predicted octanol–water partition coefficient (Wildman–Crippen LogP) is 2.18. The quantitative estimate of drug-likeness (QED) is 0.621. The van der Waals surface area contributed by atoms with E-state index in [4.69, 9.17) is 4.79 Å². The van der Waals surface area contributed by atoms with Gasteiger partial charge in [-0.15, -0.1) is 0 Å². The van der Waals surface area contributed by atoms with Gasteiger partial charge in [0.05, 0.1) is 0 Å². The van der Waals surface area contributed by atoms with Crippen molar-refractivity contribution in [2.75, 3.05) is 0 Å². The van der Waals surface area contributed by atoms with Crippen molar-refractivity contribution >= 4 is 6.41 Å². The van der Waals surface area contributed by atoms with E-state index in [1.807, 2.05) is 0 Å². The molecule has 4 aliphatic rings. The topological polar surface area (TPSA) is 43.1 Å². The van der Waals surface area contributed by atoms with E-state index in [1.54, 1.807) is 0 Å². The molecule has 1 amide bonds. The summed E-state index contributed by atoms with van der Waals surface area (Å²) in [6.45, 7) is 0. The first kappa shape index (κ1) is 10.8. The van der Waals surface area contributed by atoms with Crippen LogP contribution in [0.25, 0.3) is 0 Å². The van der Waals surface area contributed by atoms with Crippen molar-refractivity contribution in [2.45, 2.75) is 38.0 Å². The first-order valence-corrected chi connectivity index (χ1v) is 5.61. The molecule has 2 N–H and O–H groups in total. The van der Waals surface area contributed by atoms with Crippen LogP contribution in [0.2, 0.25) is 0 Å². The number of carbonyl (C=O) groups excluding carboxylic acids is 1. The van der Waals surface area contributed by atoms with Crippen LogP contribution in [0.4, 0.5) is 8.78 Å². The minimum absolute atomic E-state index is 0.242. The monoisotopic (exact) mass is 217 g/mol. The molecule has 0 radical (unpaired) electrons. The summed E-state index contributed by atoms with van der Waals surface area (Å²) in [5, 5.41) is 0. The van der Waals surface area contributed by atoms with Gasteiger partial charge in [-0.3, -0.25) is 4.79 Å². The van der Waals surface area contributed by atoms with E-state index in [0.717, 1.165) is 25.7 Å². The first-order valence-electron chi connectivity index (χ1n) is 5.61.